The molecule has 0 radical (unpaired) electrons. The lowest BCUT2D eigenvalue weighted by atomic mass is 9.90. The van der Waals surface area contributed by atoms with Crippen LogP contribution in [0.1, 0.15) is 24.0 Å². The Morgan fingerprint density at radius 1 is 0.944 bits per heavy atom. The van der Waals surface area contributed by atoms with E-state index in [2.05, 4.69) is 24.3 Å². The summed E-state index contributed by atoms with van der Waals surface area (Å²) in [6, 6.07) is 22.7. The molecule has 36 heavy (non-hydrogen) atoms. The number of halogens is 1. The van der Waals surface area contributed by atoms with Gasteiger partial charge in [0, 0.05) is 13.1 Å². The monoisotopic (exact) mass is 510 g/mol. The van der Waals surface area contributed by atoms with Gasteiger partial charge < -0.3 is 9.64 Å². The van der Waals surface area contributed by atoms with Gasteiger partial charge in [0.25, 0.3) is 5.91 Å². The van der Waals surface area contributed by atoms with Crippen molar-refractivity contribution in [3.8, 4) is 5.75 Å². The van der Waals surface area contributed by atoms with E-state index in [1.807, 2.05) is 11.0 Å². The van der Waals surface area contributed by atoms with Crippen molar-refractivity contribution < 1.29 is 22.3 Å². The lowest BCUT2D eigenvalue weighted by Crippen LogP contribution is -2.41. The van der Waals surface area contributed by atoms with Crippen molar-refractivity contribution in [2.45, 2.75) is 25.8 Å². The molecule has 1 fully saturated rings. The third-order valence-corrected chi connectivity index (χ3v) is 7.60. The van der Waals surface area contributed by atoms with Gasteiger partial charge in [0.15, 0.2) is 6.61 Å². The fourth-order valence-electron chi connectivity index (χ4n) is 4.43. The minimum absolute atomic E-state index is 0.0497. The molecule has 1 aliphatic rings. The first kappa shape index (κ1) is 25.7. The SMILES string of the molecule is CS(=O)(=O)N(Cc1ccc(F)cc1)c1ccc(OCC(=O)N2CCC(Cc3ccccc3)CC2)cc1. The van der Waals surface area contributed by atoms with Gasteiger partial charge in [-0.25, -0.2) is 12.8 Å². The lowest BCUT2D eigenvalue weighted by molar-refractivity contribution is -0.134. The first-order chi connectivity index (χ1) is 17.3. The van der Waals surface area contributed by atoms with E-state index in [4.69, 9.17) is 4.74 Å². The molecular weight excluding hydrogens is 479 g/mol. The Balaban J connectivity index is 1.29. The standard InChI is InChI=1S/C28H31FN2O4S/c1-36(33,34)31(20-24-7-9-25(29)10-8-24)26-11-13-27(14-12-26)35-21-28(32)30-17-15-23(16-18-30)19-22-5-3-2-4-6-22/h2-14,23H,15-21H2,1H3. The third kappa shape index (κ3) is 7.07. The Morgan fingerprint density at radius 3 is 2.19 bits per heavy atom. The summed E-state index contributed by atoms with van der Waals surface area (Å²) < 4.78 is 44.9. The number of rotatable bonds is 9. The van der Waals surface area contributed by atoms with Gasteiger partial charge in [-0.2, -0.15) is 0 Å². The Morgan fingerprint density at radius 2 is 1.58 bits per heavy atom. The highest BCUT2D eigenvalue weighted by molar-refractivity contribution is 7.92. The fourth-order valence-corrected chi connectivity index (χ4v) is 5.32. The van der Waals surface area contributed by atoms with Crippen molar-refractivity contribution in [3.63, 3.8) is 0 Å². The maximum atomic E-state index is 13.2. The Labute approximate surface area is 212 Å². The Kier molecular flexibility index (Phi) is 8.25. The van der Waals surface area contributed by atoms with Crippen molar-refractivity contribution in [1.29, 1.82) is 0 Å². The number of piperidine rings is 1. The normalized spacial score (nSPS) is 14.4. The summed E-state index contributed by atoms with van der Waals surface area (Å²) in [6.45, 7) is 1.47. The average molecular weight is 511 g/mol. The molecule has 3 aromatic rings. The van der Waals surface area contributed by atoms with E-state index in [9.17, 15) is 17.6 Å². The summed E-state index contributed by atoms with van der Waals surface area (Å²) in [5.74, 6) is 0.641. The highest BCUT2D eigenvalue weighted by atomic mass is 32.2. The summed E-state index contributed by atoms with van der Waals surface area (Å²) in [5, 5.41) is 0. The van der Waals surface area contributed by atoms with Gasteiger partial charge in [-0.05, 0) is 72.7 Å². The van der Waals surface area contributed by atoms with E-state index < -0.39 is 10.0 Å². The molecule has 0 bridgehead atoms. The largest absolute Gasteiger partial charge is 0.484 e. The number of amides is 1. The van der Waals surface area contributed by atoms with E-state index >= 15 is 0 Å². The molecule has 8 heteroatoms. The number of nitrogens with zero attached hydrogens (tertiary/aromatic N) is 2. The van der Waals surface area contributed by atoms with Crippen molar-refractivity contribution in [2.75, 3.05) is 30.3 Å². The summed E-state index contributed by atoms with van der Waals surface area (Å²) in [5.41, 5.74) is 2.46. The van der Waals surface area contributed by atoms with Crippen LogP contribution in [0.4, 0.5) is 10.1 Å². The smallest absolute Gasteiger partial charge is 0.260 e. The zero-order valence-electron chi connectivity index (χ0n) is 20.3. The molecule has 3 aromatic carbocycles. The summed E-state index contributed by atoms with van der Waals surface area (Å²) >= 11 is 0. The molecule has 0 atom stereocenters. The zero-order valence-corrected chi connectivity index (χ0v) is 21.2. The van der Waals surface area contributed by atoms with Gasteiger partial charge in [-0.1, -0.05) is 42.5 Å². The summed E-state index contributed by atoms with van der Waals surface area (Å²) in [7, 11) is -3.57. The molecule has 0 spiro atoms. The van der Waals surface area contributed by atoms with Crippen LogP contribution < -0.4 is 9.04 Å². The Hall–Kier alpha value is -3.39. The number of ether oxygens (including phenoxy) is 1. The summed E-state index contributed by atoms with van der Waals surface area (Å²) in [4.78, 5) is 14.5. The van der Waals surface area contributed by atoms with Crippen LogP contribution >= 0.6 is 0 Å². The van der Waals surface area contributed by atoms with Crippen LogP contribution in [0, 0.1) is 11.7 Å². The van der Waals surface area contributed by atoms with Crippen molar-refractivity contribution in [2.24, 2.45) is 5.92 Å². The molecule has 4 rings (SSSR count). The minimum atomic E-state index is -3.57. The molecule has 0 saturated carbocycles. The van der Waals surface area contributed by atoms with Crippen molar-refractivity contribution in [1.82, 2.24) is 4.90 Å². The molecule has 1 saturated heterocycles. The Bertz CT molecular complexity index is 1240. The van der Waals surface area contributed by atoms with Gasteiger partial charge >= 0.3 is 0 Å². The average Bonchev–Trinajstić information content (AvgIpc) is 2.88. The maximum absolute atomic E-state index is 13.2. The molecule has 6 nitrogen and oxygen atoms in total. The molecule has 0 N–H and O–H groups in total. The highest BCUT2D eigenvalue weighted by Gasteiger charge is 2.23. The highest BCUT2D eigenvalue weighted by Crippen LogP contribution is 2.25. The van der Waals surface area contributed by atoms with Crippen LogP contribution in [-0.4, -0.2) is 45.2 Å². The number of hydrogen-bond acceptors (Lipinski definition) is 4. The van der Waals surface area contributed by atoms with Gasteiger partial charge in [0.1, 0.15) is 11.6 Å². The topological polar surface area (TPSA) is 66.9 Å². The van der Waals surface area contributed by atoms with Crippen LogP contribution in [0.5, 0.6) is 5.75 Å². The second-order valence-corrected chi connectivity index (χ2v) is 11.1. The van der Waals surface area contributed by atoms with E-state index in [-0.39, 0.29) is 24.9 Å². The molecule has 0 aliphatic carbocycles. The van der Waals surface area contributed by atoms with Crippen LogP contribution in [0.3, 0.4) is 0 Å². The molecule has 0 unspecified atom stereocenters. The van der Waals surface area contributed by atoms with Crippen molar-refractivity contribution in [3.05, 3.63) is 95.8 Å². The van der Waals surface area contributed by atoms with Gasteiger partial charge in [0.05, 0.1) is 18.5 Å². The van der Waals surface area contributed by atoms with Crippen LogP contribution in [0.15, 0.2) is 78.9 Å². The van der Waals surface area contributed by atoms with Gasteiger partial charge in [-0.3, -0.25) is 9.10 Å². The van der Waals surface area contributed by atoms with Crippen LogP contribution in [0.2, 0.25) is 0 Å². The predicted molar refractivity (Wildman–Crippen MR) is 139 cm³/mol. The third-order valence-electron chi connectivity index (χ3n) is 6.46. The zero-order chi connectivity index (χ0) is 25.5. The number of sulfonamides is 1. The van der Waals surface area contributed by atoms with Gasteiger partial charge in [0.2, 0.25) is 10.0 Å². The molecule has 190 valence electrons. The molecule has 1 amide bonds. The first-order valence-electron chi connectivity index (χ1n) is 12.0. The van der Waals surface area contributed by atoms with E-state index in [1.54, 1.807) is 36.4 Å². The number of hydrogen-bond donors (Lipinski definition) is 0. The molecular formula is C28H31FN2O4S. The second kappa shape index (κ2) is 11.6. The minimum Gasteiger partial charge on any atom is -0.484 e. The second-order valence-electron chi connectivity index (χ2n) is 9.19. The van der Waals surface area contributed by atoms with Crippen molar-refractivity contribution >= 4 is 21.6 Å². The van der Waals surface area contributed by atoms with E-state index in [0.717, 1.165) is 38.6 Å². The van der Waals surface area contributed by atoms with Gasteiger partial charge in [-0.15, -0.1) is 0 Å². The number of carbonyl (C=O) groups is 1. The maximum Gasteiger partial charge on any atom is 0.260 e. The number of anilines is 1. The fraction of sp³-hybridized carbons (Fsp3) is 0.321. The molecule has 1 aliphatic heterocycles. The predicted octanol–water partition coefficient (Wildman–Crippen LogP) is 4.65. The quantitative estimate of drug-likeness (QED) is 0.420. The molecule has 0 aromatic heterocycles. The number of carbonyl (C=O) groups excluding carboxylic acids is 1. The lowest BCUT2D eigenvalue weighted by Gasteiger charge is -2.32. The first-order valence-corrected chi connectivity index (χ1v) is 13.9. The number of likely N-dealkylation sites (tertiary alicyclic amines) is 1. The summed E-state index contributed by atoms with van der Waals surface area (Å²) in [6.07, 6.45) is 4.12. The molecule has 1 heterocycles. The van der Waals surface area contributed by atoms with E-state index in [0.29, 0.717) is 22.9 Å². The number of benzene rings is 3. The van der Waals surface area contributed by atoms with Crippen LogP contribution in [0.25, 0.3) is 0 Å². The van der Waals surface area contributed by atoms with E-state index in [1.165, 1.54) is 22.0 Å². The van der Waals surface area contributed by atoms with Crippen LogP contribution in [-0.2, 0) is 27.8 Å².